The molecule has 0 aromatic carbocycles. The molecule has 0 amide bonds. The molecule has 0 aromatic heterocycles. The van der Waals surface area contributed by atoms with Crippen LogP contribution in [0.2, 0.25) is 0 Å². The number of hydrogen-bond donors (Lipinski definition) is 3. The van der Waals surface area contributed by atoms with E-state index in [1.54, 1.807) is 0 Å². The van der Waals surface area contributed by atoms with Crippen molar-refractivity contribution in [1.82, 2.24) is 0 Å². The van der Waals surface area contributed by atoms with Crippen LogP contribution in [0.4, 0.5) is 0 Å². The molecule has 3 N–H and O–H groups in total. The van der Waals surface area contributed by atoms with Gasteiger partial charge in [0.15, 0.2) is 6.29 Å². The Labute approximate surface area is 90.9 Å². The van der Waals surface area contributed by atoms with E-state index in [4.69, 9.17) is 4.74 Å². The molecule has 15 heavy (non-hydrogen) atoms. The summed E-state index contributed by atoms with van der Waals surface area (Å²) in [6.07, 6.45) is -1.86. The Morgan fingerprint density at radius 2 is 1.73 bits per heavy atom. The third kappa shape index (κ3) is 2.91. The van der Waals surface area contributed by atoms with E-state index >= 15 is 0 Å². The highest BCUT2D eigenvalue weighted by Crippen LogP contribution is 2.30. The molecule has 1 aliphatic heterocycles. The van der Waals surface area contributed by atoms with Crippen molar-refractivity contribution >= 4 is 0 Å². The van der Waals surface area contributed by atoms with Crippen LogP contribution >= 0.6 is 0 Å². The van der Waals surface area contributed by atoms with Crippen LogP contribution in [0.3, 0.4) is 0 Å². The zero-order valence-electron chi connectivity index (χ0n) is 9.63. The molecule has 0 spiro atoms. The second-order valence-electron chi connectivity index (χ2n) is 4.75. The zero-order valence-corrected chi connectivity index (χ0v) is 9.63. The van der Waals surface area contributed by atoms with E-state index in [1.165, 1.54) is 0 Å². The van der Waals surface area contributed by atoms with Gasteiger partial charge < -0.3 is 20.1 Å². The van der Waals surface area contributed by atoms with Crippen molar-refractivity contribution < 1.29 is 20.1 Å². The molecule has 0 radical (unpaired) electrons. The Bertz CT molecular complexity index is 195. The molecule has 0 aromatic rings. The quantitative estimate of drug-likeness (QED) is 0.645. The molecule has 4 nitrogen and oxygen atoms in total. The van der Waals surface area contributed by atoms with E-state index < -0.39 is 18.5 Å². The van der Waals surface area contributed by atoms with Crippen molar-refractivity contribution in [2.24, 2.45) is 11.8 Å². The third-order valence-electron chi connectivity index (χ3n) is 3.04. The van der Waals surface area contributed by atoms with Crippen molar-refractivity contribution in [1.29, 1.82) is 0 Å². The summed E-state index contributed by atoms with van der Waals surface area (Å²) in [6.45, 7) is 5.96. The molecular weight excluding hydrogens is 196 g/mol. The third-order valence-corrected chi connectivity index (χ3v) is 3.04. The van der Waals surface area contributed by atoms with Gasteiger partial charge in [0.25, 0.3) is 0 Å². The van der Waals surface area contributed by atoms with Gasteiger partial charge in [0.05, 0.1) is 12.2 Å². The lowest BCUT2D eigenvalue weighted by Gasteiger charge is -2.41. The van der Waals surface area contributed by atoms with Gasteiger partial charge in [0.1, 0.15) is 6.10 Å². The molecule has 1 fully saturated rings. The Morgan fingerprint density at radius 3 is 2.20 bits per heavy atom. The summed E-state index contributed by atoms with van der Waals surface area (Å²) in [4.78, 5) is 0. The normalized spacial score (nSPS) is 42.2. The Balaban J connectivity index is 2.67. The van der Waals surface area contributed by atoms with Crippen molar-refractivity contribution in [3.8, 4) is 0 Å². The topological polar surface area (TPSA) is 69.9 Å². The van der Waals surface area contributed by atoms with E-state index in [-0.39, 0.29) is 12.0 Å². The largest absolute Gasteiger partial charge is 0.390 e. The fourth-order valence-corrected chi connectivity index (χ4v) is 2.17. The summed E-state index contributed by atoms with van der Waals surface area (Å²) >= 11 is 0. The SMILES string of the molecule is CCC1C(O)C(O)OC(CC(C)C)C1O. The first kappa shape index (κ1) is 12.9. The van der Waals surface area contributed by atoms with Crippen LogP contribution in [0.15, 0.2) is 0 Å². The van der Waals surface area contributed by atoms with Gasteiger partial charge >= 0.3 is 0 Å². The highest BCUT2D eigenvalue weighted by Gasteiger charge is 2.42. The lowest BCUT2D eigenvalue weighted by molar-refractivity contribution is -0.271. The molecule has 1 aliphatic rings. The maximum absolute atomic E-state index is 9.97. The summed E-state index contributed by atoms with van der Waals surface area (Å²) in [5.74, 6) is 0.0992. The second-order valence-corrected chi connectivity index (χ2v) is 4.75. The van der Waals surface area contributed by atoms with Gasteiger partial charge in [-0.2, -0.15) is 0 Å². The minimum atomic E-state index is -1.16. The minimum absolute atomic E-state index is 0.294. The molecule has 4 heteroatoms. The van der Waals surface area contributed by atoms with Gasteiger partial charge in [-0.05, 0) is 18.8 Å². The number of rotatable bonds is 3. The average molecular weight is 218 g/mol. The van der Waals surface area contributed by atoms with E-state index in [9.17, 15) is 15.3 Å². The highest BCUT2D eigenvalue weighted by molar-refractivity contribution is 4.88. The lowest BCUT2D eigenvalue weighted by Crippen LogP contribution is -2.54. The number of hydrogen-bond acceptors (Lipinski definition) is 4. The van der Waals surface area contributed by atoms with Crippen molar-refractivity contribution in [2.75, 3.05) is 0 Å². The summed E-state index contributed by atoms with van der Waals surface area (Å²) in [7, 11) is 0. The fourth-order valence-electron chi connectivity index (χ4n) is 2.17. The maximum atomic E-state index is 9.97. The molecule has 1 heterocycles. The molecule has 1 saturated heterocycles. The van der Waals surface area contributed by atoms with Gasteiger partial charge in [-0.1, -0.05) is 20.8 Å². The maximum Gasteiger partial charge on any atom is 0.181 e. The molecule has 0 aliphatic carbocycles. The first-order valence-corrected chi connectivity index (χ1v) is 5.67. The van der Waals surface area contributed by atoms with Crippen LogP contribution in [0.5, 0.6) is 0 Å². The second kappa shape index (κ2) is 5.25. The molecular formula is C11H22O4. The van der Waals surface area contributed by atoms with Gasteiger partial charge in [-0.25, -0.2) is 0 Å². The van der Waals surface area contributed by atoms with E-state index in [1.807, 2.05) is 20.8 Å². The molecule has 5 atom stereocenters. The summed E-state index contributed by atoms with van der Waals surface area (Å²) in [6, 6.07) is 0. The molecule has 0 bridgehead atoms. The smallest absolute Gasteiger partial charge is 0.181 e. The van der Waals surface area contributed by atoms with Gasteiger partial charge in [-0.15, -0.1) is 0 Å². The molecule has 1 rings (SSSR count). The standard InChI is InChI=1S/C11H22O4/c1-4-7-9(12)8(5-6(2)3)15-11(14)10(7)13/h6-14H,4-5H2,1-3H3. The van der Waals surface area contributed by atoms with Crippen LogP contribution < -0.4 is 0 Å². The van der Waals surface area contributed by atoms with Crippen LogP contribution in [-0.4, -0.2) is 39.9 Å². The first-order chi connectivity index (χ1) is 6.97. The van der Waals surface area contributed by atoms with E-state index in [0.29, 0.717) is 18.8 Å². The molecule has 5 unspecified atom stereocenters. The van der Waals surface area contributed by atoms with E-state index in [2.05, 4.69) is 0 Å². The van der Waals surface area contributed by atoms with Crippen molar-refractivity contribution in [3.05, 3.63) is 0 Å². The van der Waals surface area contributed by atoms with E-state index in [0.717, 1.165) is 0 Å². The highest BCUT2D eigenvalue weighted by atomic mass is 16.6. The van der Waals surface area contributed by atoms with Crippen molar-refractivity contribution in [2.45, 2.75) is 58.2 Å². The summed E-state index contributed by atoms with van der Waals surface area (Å²) < 4.78 is 5.21. The first-order valence-electron chi connectivity index (χ1n) is 5.67. The minimum Gasteiger partial charge on any atom is -0.390 e. The van der Waals surface area contributed by atoms with Crippen LogP contribution in [0.25, 0.3) is 0 Å². The van der Waals surface area contributed by atoms with Crippen molar-refractivity contribution in [3.63, 3.8) is 0 Å². The monoisotopic (exact) mass is 218 g/mol. The predicted molar refractivity (Wildman–Crippen MR) is 56.1 cm³/mol. The predicted octanol–water partition coefficient (Wildman–Crippen LogP) is 0.498. The summed E-state index contributed by atoms with van der Waals surface area (Å²) in [5, 5.41) is 29.1. The van der Waals surface area contributed by atoms with Gasteiger partial charge in [-0.3, -0.25) is 0 Å². The lowest BCUT2D eigenvalue weighted by atomic mass is 9.84. The van der Waals surface area contributed by atoms with Crippen LogP contribution in [0.1, 0.15) is 33.6 Å². The summed E-state index contributed by atoms with van der Waals surface area (Å²) in [5.41, 5.74) is 0. The molecule has 90 valence electrons. The zero-order chi connectivity index (χ0) is 11.6. The fraction of sp³-hybridized carbons (Fsp3) is 1.00. The number of ether oxygens (including phenoxy) is 1. The van der Waals surface area contributed by atoms with Gasteiger partial charge in [0.2, 0.25) is 0 Å². The number of aliphatic hydroxyl groups is 3. The van der Waals surface area contributed by atoms with Gasteiger partial charge in [0, 0.05) is 5.92 Å². The van der Waals surface area contributed by atoms with Crippen LogP contribution in [0, 0.1) is 11.8 Å². The van der Waals surface area contributed by atoms with Crippen LogP contribution in [-0.2, 0) is 4.74 Å². The number of aliphatic hydroxyl groups excluding tert-OH is 3. The average Bonchev–Trinajstić information content (AvgIpc) is 2.14. The Hall–Kier alpha value is -0.160. The Morgan fingerprint density at radius 1 is 1.13 bits per heavy atom. The Kier molecular flexibility index (Phi) is 4.52. The molecule has 0 saturated carbocycles.